The van der Waals surface area contributed by atoms with Gasteiger partial charge in [-0.15, -0.1) is 0 Å². The average molecular weight is 1000 g/mol. The molecule has 71 heavy (non-hydrogen) atoms. The first-order valence-electron chi connectivity index (χ1n) is 32.2. The van der Waals surface area contributed by atoms with Crippen molar-refractivity contribution >= 4 is 17.9 Å². The lowest BCUT2D eigenvalue weighted by molar-refractivity contribution is -0.167. The quantitative estimate of drug-likeness (QED) is 0.0261. The first-order valence-corrected chi connectivity index (χ1v) is 32.2. The molecule has 0 fully saturated rings. The number of hydrogen-bond donors (Lipinski definition) is 0. The molecule has 0 N–H and O–H groups in total. The third-order valence-electron chi connectivity index (χ3n) is 14.8. The second-order valence-electron chi connectivity index (χ2n) is 22.0. The zero-order valence-electron chi connectivity index (χ0n) is 48.3. The smallest absolute Gasteiger partial charge is 0.306 e. The van der Waals surface area contributed by atoms with E-state index in [9.17, 15) is 14.4 Å². The van der Waals surface area contributed by atoms with Gasteiger partial charge in [-0.25, -0.2) is 0 Å². The first kappa shape index (κ1) is 69.2. The normalized spacial score (nSPS) is 12.0. The molecule has 0 aliphatic rings. The van der Waals surface area contributed by atoms with Gasteiger partial charge in [0, 0.05) is 19.3 Å². The Balaban J connectivity index is 4.26. The Labute approximate surface area is 443 Å². The molecular weight excluding hydrogens is 877 g/mol. The van der Waals surface area contributed by atoms with E-state index in [0.29, 0.717) is 19.3 Å². The van der Waals surface area contributed by atoms with Crippen molar-refractivity contribution in [3.8, 4) is 0 Å². The highest BCUT2D eigenvalue weighted by Crippen LogP contribution is 2.18. The molecule has 0 bridgehead atoms. The molecule has 0 saturated heterocycles. The number of carbonyl (C=O) groups excluding carboxylic acids is 3. The molecule has 0 aromatic carbocycles. The highest BCUT2D eigenvalue weighted by atomic mass is 16.6. The molecule has 0 aromatic heterocycles. The van der Waals surface area contributed by atoms with E-state index >= 15 is 0 Å². The van der Waals surface area contributed by atoms with Crippen LogP contribution in [-0.2, 0) is 28.6 Å². The minimum Gasteiger partial charge on any atom is -0.462 e. The van der Waals surface area contributed by atoms with Crippen molar-refractivity contribution in [2.75, 3.05) is 13.2 Å². The number of carbonyl (C=O) groups is 3. The number of unbranched alkanes of at least 4 members (excludes halogenated alkanes) is 47. The predicted octanol–water partition coefficient (Wildman–Crippen LogP) is 21.7. The maximum Gasteiger partial charge on any atom is 0.306 e. The fourth-order valence-electron chi connectivity index (χ4n) is 9.91. The number of allylic oxidation sites excluding steroid dienone is 2. The summed E-state index contributed by atoms with van der Waals surface area (Å²) in [5.41, 5.74) is 0. The van der Waals surface area contributed by atoms with Gasteiger partial charge in [-0.3, -0.25) is 14.4 Å². The third kappa shape index (κ3) is 58.9. The number of rotatable bonds is 60. The maximum absolute atomic E-state index is 12.9. The zero-order chi connectivity index (χ0) is 51.4. The minimum absolute atomic E-state index is 0.0633. The second-order valence-corrected chi connectivity index (χ2v) is 22.0. The van der Waals surface area contributed by atoms with E-state index in [1.165, 1.54) is 270 Å². The highest BCUT2D eigenvalue weighted by molar-refractivity contribution is 5.71. The molecule has 6 heteroatoms. The van der Waals surface area contributed by atoms with Gasteiger partial charge < -0.3 is 14.2 Å². The van der Waals surface area contributed by atoms with Crippen LogP contribution in [0.3, 0.4) is 0 Å². The first-order chi connectivity index (χ1) is 35.0. The Hall–Kier alpha value is -1.85. The van der Waals surface area contributed by atoms with Crippen LogP contribution in [0.15, 0.2) is 12.2 Å². The van der Waals surface area contributed by atoms with Gasteiger partial charge in [0.15, 0.2) is 6.10 Å². The summed E-state index contributed by atoms with van der Waals surface area (Å²) in [4.78, 5) is 38.3. The summed E-state index contributed by atoms with van der Waals surface area (Å²) in [6, 6.07) is 0. The van der Waals surface area contributed by atoms with Crippen LogP contribution >= 0.6 is 0 Å². The molecule has 420 valence electrons. The molecule has 0 unspecified atom stereocenters. The number of hydrogen-bond acceptors (Lipinski definition) is 6. The topological polar surface area (TPSA) is 78.9 Å². The Morgan fingerprint density at radius 1 is 0.268 bits per heavy atom. The summed E-state index contributed by atoms with van der Waals surface area (Å²) in [6.45, 7) is 6.71. The lowest BCUT2D eigenvalue weighted by Crippen LogP contribution is -2.30. The van der Waals surface area contributed by atoms with Gasteiger partial charge in [-0.1, -0.05) is 315 Å². The van der Waals surface area contributed by atoms with Gasteiger partial charge in [-0.2, -0.15) is 0 Å². The van der Waals surface area contributed by atoms with E-state index in [-0.39, 0.29) is 31.1 Å². The largest absolute Gasteiger partial charge is 0.462 e. The van der Waals surface area contributed by atoms with E-state index in [4.69, 9.17) is 14.2 Å². The van der Waals surface area contributed by atoms with Crippen LogP contribution in [-0.4, -0.2) is 37.2 Å². The van der Waals surface area contributed by atoms with Crippen LogP contribution in [0.2, 0.25) is 0 Å². The number of esters is 3. The summed E-state index contributed by atoms with van der Waals surface area (Å²) in [5.74, 6) is -0.833. The van der Waals surface area contributed by atoms with Gasteiger partial charge >= 0.3 is 17.9 Å². The lowest BCUT2D eigenvalue weighted by Gasteiger charge is -2.18. The van der Waals surface area contributed by atoms with Gasteiger partial charge in [0.2, 0.25) is 0 Å². The molecule has 1 atom stereocenters. The van der Waals surface area contributed by atoms with E-state index in [1.807, 2.05) is 0 Å². The molecule has 0 aliphatic heterocycles. The Bertz CT molecular complexity index is 1100. The molecule has 0 aliphatic carbocycles. The Morgan fingerprint density at radius 3 is 0.704 bits per heavy atom. The second kappa shape index (κ2) is 60.7. The summed E-state index contributed by atoms with van der Waals surface area (Å²) in [6.07, 6.45) is 70.7. The van der Waals surface area contributed by atoms with E-state index in [2.05, 4.69) is 32.9 Å². The van der Waals surface area contributed by atoms with Crippen LogP contribution in [0.1, 0.15) is 367 Å². The SMILES string of the molecule is CCCCCCCC/C=C\CCCCCCCCCCCCCC(=O)OC[C@H](COC(=O)CCCCCCCCCCCCCCC)OC(=O)CCCCCCCCCCCCCCCCCCCCC. The molecule has 0 radical (unpaired) electrons. The zero-order valence-corrected chi connectivity index (χ0v) is 48.3. The Morgan fingerprint density at radius 2 is 0.465 bits per heavy atom. The molecule has 0 spiro atoms. The van der Waals surface area contributed by atoms with Crippen molar-refractivity contribution in [1.82, 2.24) is 0 Å². The minimum atomic E-state index is -0.765. The van der Waals surface area contributed by atoms with Crippen LogP contribution in [0, 0.1) is 0 Å². The Kier molecular flexibility index (Phi) is 59.1. The van der Waals surface area contributed by atoms with Gasteiger partial charge in [0.05, 0.1) is 0 Å². The molecule has 0 aromatic rings. The van der Waals surface area contributed by atoms with Gasteiger partial charge in [0.25, 0.3) is 0 Å². The van der Waals surface area contributed by atoms with E-state index < -0.39 is 6.10 Å². The molecule has 6 nitrogen and oxygen atoms in total. The molecular formula is C65H124O6. The van der Waals surface area contributed by atoms with Crippen molar-refractivity contribution in [3.63, 3.8) is 0 Å². The summed E-state index contributed by atoms with van der Waals surface area (Å²) in [7, 11) is 0. The average Bonchev–Trinajstić information content (AvgIpc) is 3.37. The molecule has 0 rings (SSSR count). The van der Waals surface area contributed by atoms with Crippen molar-refractivity contribution in [2.45, 2.75) is 374 Å². The summed E-state index contributed by atoms with van der Waals surface area (Å²) >= 11 is 0. The van der Waals surface area contributed by atoms with Crippen LogP contribution < -0.4 is 0 Å². The van der Waals surface area contributed by atoms with Crippen molar-refractivity contribution < 1.29 is 28.6 Å². The maximum atomic E-state index is 12.9. The van der Waals surface area contributed by atoms with E-state index in [1.54, 1.807) is 0 Å². The predicted molar refractivity (Wildman–Crippen MR) is 307 cm³/mol. The van der Waals surface area contributed by atoms with Crippen molar-refractivity contribution in [1.29, 1.82) is 0 Å². The molecule has 0 saturated carbocycles. The van der Waals surface area contributed by atoms with Crippen LogP contribution in [0.4, 0.5) is 0 Å². The monoisotopic (exact) mass is 1000 g/mol. The molecule has 0 heterocycles. The number of ether oxygens (including phenoxy) is 3. The van der Waals surface area contributed by atoms with Gasteiger partial charge in [-0.05, 0) is 44.9 Å². The van der Waals surface area contributed by atoms with Crippen molar-refractivity contribution in [2.24, 2.45) is 0 Å². The van der Waals surface area contributed by atoms with Gasteiger partial charge in [0.1, 0.15) is 13.2 Å². The van der Waals surface area contributed by atoms with E-state index in [0.717, 1.165) is 57.8 Å². The lowest BCUT2D eigenvalue weighted by atomic mass is 10.0. The van der Waals surface area contributed by atoms with Crippen LogP contribution in [0.25, 0.3) is 0 Å². The highest BCUT2D eigenvalue weighted by Gasteiger charge is 2.19. The van der Waals surface area contributed by atoms with Crippen LogP contribution in [0.5, 0.6) is 0 Å². The fraction of sp³-hybridized carbons (Fsp3) is 0.923. The third-order valence-corrected chi connectivity index (χ3v) is 14.8. The standard InChI is InChI=1S/C65H124O6/c1-4-7-10-13-16-19-22-25-27-29-31-32-34-35-37-40-43-46-49-52-55-58-64(67)70-61-62(60-69-63(66)57-54-51-48-45-42-39-24-21-18-15-12-9-6-3)71-65(68)59-56-53-50-47-44-41-38-36-33-30-28-26-23-20-17-14-11-8-5-2/h25,27,62H,4-24,26,28-61H2,1-3H3/b27-25-/t62-/m0/s1. The molecule has 0 amide bonds. The fourth-order valence-corrected chi connectivity index (χ4v) is 9.91. The summed E-state index contributed by atoms with van der Waals surface area (Å²) in [5, 5.41) is 0. The van der Waals surface area contributed by atoms with Crippen molar-refractivity contribution in [3.05, 3.63) is 12.2 Å². The summed E-state index contributed by atoms with van der Waals surface area (Å²) < 4.78 is 16.9.